The monoisotopic (exact) mass is 455 g/mol. The van der Waals surface area contributed by atoms with E-state index in [0.717, 1.165) is 14.4 Å². The molecule has 0 radical (unpaired) electrons. The third-order valence-corrected chi connectivity index (χ3v) is 6.04. The van der Waals surface area contributed by atoms with Crippen LogP contribution in [0.5, 0.6) is 0 Å². The van der Waals surface area contributed by atoms with Gasteiger partial charge in [-0.2, -0.15) is 0 Å². The van der Waals surface area contributed by atoms with E-state index >= 15 is 0 Å². The maximum Gasteiger partial charge on any atom is 0.332 e. The van der Waals surface area contributed by atoms with Crippen LogP contribution >= 0.6 is 23.4 Å². The molecule has 0 atom stereocenters. The van der Waals surface area contributed by atoms with E-state index in [2.05, 4.69) is 10.3 Å². The lowest BCUT2D eigenvalue weighted by Crippen LogP contribution is -2.42. The Labute approximate surface area is 186 Å². The predicted molar refractivity (Wildman–Crippen MR) is 121 cm³/mol. The molecule has 158 valence electrons. The van der Waals surface area contributed by atoms with Crippen molar-refractivity contribution < 1.29 is 4.79 Å². The number of aromatic nitrogens is 4. The molecule has 1 amide bonds. The number of anilines is 1. The summed E-state index contributed by atoms with van der Waals surface area (Å²) >= 11 is 7.41. The summed E-state index contributed by atoms with van der Waals surface area (Å²) in [6.45, 7) is -0.410. The minimum atomic E-state index is -0.602. The minimum absolute atomic E-state index is 0.258. The summed E-state index contributed by atoms with van der Waals surface area (Å²) < 4.78 is 3.70. The van der Waals surface area contributed by atoms with Gasteiger partial charge >= 0.3 is 5.69 Å². The first-order chi connectivity index (χ1) is 14.8. The van der Waals surface area contributed by atoms with Gasteiger partial charge in [-0.25, -0.2) is 14.3 Å². The molecular weight excluding hydrogens is 438 g/mol. The van der Waals surface area contributed by atoms with Crippen LogP contribution in [0.4, 0.5) is 5.69 Å². The third kappa shape index (κ3) is 4.14. The molecule has 0 saturated carbocycles. The molecule has 1 N–H and O–H groups in total. The van der Waals surface area contributed by atoms with Gasteiger partial charge in [0.15, 0.2) is 11.2 Å². The van der Waals surface area contributed by atoms with Crippen molar-refractivity contribution in [3.8, 4) is 0 Å². The van der Waals surface area contributed by atoms with Crippen LogP contribution < -0.4 is 16.6 Å². The number of nitrogens with one attached hydrogen (secondary N) is 1. The van der Waals surface area contributed by atoms with Crippen molar-refractivity contribution in [1.82, 2.24) is 18.7 Å². The fraction of sp³-hybridized carbons (Fsp3) is 0.143. The van der Waals surface area contributed by atoms with Crippen molar-refractivity contribution in [2.45, 2.75) is 16.3 Å². The molecule has 2 heterocycles. The summed E-state index contributed by atoms with van der Waals surface area (Å²) in [4.78, 5) is 44.0. The quantitative estimate of drug-likeness (QED) is 0.499. The van der Waals surface area contributed by atoms with Gasteiger partial charge in [0.1, 0.15) is 6.54 Å². The van der Waals surface area contributed by atoms with Gasteiger partial charge in [0.25, 0.3) is 5.56 Å². The lowest BCUT2D eigenvalue weighted by Gasteiger charge is -2.12. The van der Waals surface area contributed by atoms with Crippen LogP contribution in [0, 0.1) is 0 Å². The van der Waals surface area contributed by atoms with Crippen molar-refractivity contribution in [1.29, 1.82) is 0 Å². The second-order valence-corrected chi connectivity index (χ2v) is 8.41. The summed E-state index contributed by atoms with van der Waals surface area (Å²) in [7, 11) is 3.18. The first-order valence-electron chi connectivity index (χ1n) is 9.28. The summed E-state index contributed by atoms with van der Waals surface area (Å²) in [5.74, 6) is -0.482. The molecule has 0 bridgehead atoms. The smallest absolute Gasteiger partial charge is 0.328 e. The standard InChI is InChI=1S/C21H18ClN5O3S/c1-25-12-23-19-18(25)20(29)27(21(30)26(19)2)11-17(28)24-15-5-3-4-6-16(15)31-14-9-7-13(22)8-10-14/h3-10,12H,11H2,1-2H3,(H,24,28). The van der Waals surface area contributed by atoms with Gasteiger partial charge in [0.05, 0.1) is 12.0 Å². The summed E-state index contributed by atoms with van der Waals surface area (Å²) in [5.41, 5.74) is -0.0429. The Kier molecular flexibility index (Phi) is 5.71. The van der Waals surface area contributed by atoms with Gasteiger partial charge < -0.3 is 9.88 Å². The molecule has 0 fully saturated rings. The molecule has 0 spiro atoms. The van der Waals surface area contributed by atoms with E-state index in [4.69, 9.17) is 11.6 Å². The van der Waals surface area contributed by atoms with Crippen LogP contribution in [0.15, 0.2) is 74.2 Å². The number of carbonyl (C=O) groups excluding carboxylic acids is 1. The number of carbonyl (C=O) groups is 1. The number of amides is 1. The summed E-state index contributed by atoms with van der Waals surface area (Å²) in [6.07, 6.45) is 1.46. The summed E-state index contributed by atoms with van der Waals surface area (Å²) in [5, 5.41) is 3.45. The van der Waals surface area contributed by atoms with Crippen LogP contribution in [0.1, 0.15) is 0 Å². The van der Waals surface area contributed by atoms with E-state index in [9.17, 15) is 14.4 Å². The maximum atomic E-state index is 12.8. The van der Waals surface area contributed by atoms with E-state index in [1.165, 1.54) is 34.3 Å². The molecule has 2 aromatic heterocycles. The second kappa shape index (κ2) is 8.44. The summed E-state index contributed by atoms with van der Waals surface area (Å²) in [6, 6.07) is 14.7. The molecule has 0 aliphatic rings. The van der Waals surface area contributed by atoms with Crippen molar-refractivity contribution in [2.24, 2.45) is 14.1 Å². The number of imidazole rings is 1. The Bertz CT molecular complexity index is 1410. The van der Waals surface area contributed by atoms with Crippen molar-refractivity contribution >= 4 is 46.1 Å². The number of para-hydroxylation sites is 1. The van der Waals surface area contributed by atoms with Gasteiger partial charge in [-0.3, -0.25) is 14.2 Å². The second-order valence-electron chi connectivity index (χ2n) is 6.86. The van der Waals surface area contributed by atoms with E-state index in [0.29, 0.717) is 10.7 Å². The average molecular weight is 456 g/mol. The largest absolute Gasteiger partial charge is 0.332 e. The first kappa shape index (κ1) is 21.0. The Morgan fingerprint density at radius 3 is 2.55 bits per heavy atom. The van der Waals surface area contributed by atoms with E-state index in [1.807, 2.05) is 24.3 Å². The van der Waals surface area contributed by atoms with Gasteiger partial charge in [0.2, 0.25) is 5.91 Å². The van der Waals surface area contributed by atoms with Crippen LogP contribution in [0.25, 0.3) is 11.2 Å². The Hall–Kier alpha value is -3.30. The number of halogens is 1. The predicted octanol–water partition coefficient (Wildman–Crippen LogP) is 2.88. The Morgan fingerprint density at radius 2 is 1.81 bits per heavy atom. The molecule has 0 aliphatic heterocycles. The molecule has 4 aromatic rings. The number of rotatable bonds is 5. The van der Waals surface area contributed by atoms with Gasteiger partial charge in [-0.1, -0.05) is 35.5 Å². The molecule has 4 rings (SSSR count). The van der Waals surface area contributed by atoms with Crippen LogP contribution in [0.3, 0.4) is 0 Å². The fourth-order valence-corrected chi connectivity index (χ4v) is 4.19. The van der Waals surface area contributed by atoms with Crippen molar-refractivity contribution in [2.75, 3.05) is 5.32 Å². The van der Waals surface area contributed by atoms with Crippen LogP contribution in [0.2, 0.25) is 5.02 Å². The number of nitrogens with zero attached hydrogens (tertiary/aromatic N) is 4. The number of fused-ring (bicyclic) bond motifs is 1. The number of hydrogen-bond donors (Lipinski definition) is 1. The van der Waals surface area contributed by atoms with Crippen LogP contribution in [-0.2, 0) is 25.4 Å². The SMILES string of the molecule is Cn1cnc2c1c(=O)n(CC(=O)Nc1ccccc1Sc1ccc(Cl)cc1)c(=O)n2C. The van der Waals surface area contributed by atoms with E-state index in [-0.39, 0.29) is 11.2 Å². The van der Waals surface area contributed by atoms with E-state index in [1.54, 1.807) is 31.3 Å². The zero-order valence-electron chi connectivity index (χ0n) is 16.7. The highest BCUT2D eigenvalue weighted by Gasteiger charge is 2.17. The fourth-order valence-electron chi connectivity index (χ4n) is 3.16. The number of hydrogen-bond acceptors (Lipinski definition) is 5. The molecule has 31 heavy (non-hydrogen) atoms. The molecule has 0 unspecified atom stereocenters. The third-order valence-electron chi connectivity index (χ3n) is 4.71. The molecule has 8 nitrogen and oxygen atoms in total. The number of benzene rings is 2. The van der Waals surface area contributed by atoms with Crippen molar-refractivity contribution in [3.63, 3.8) is 0 Å². The minimum Gasteiger partial charge on any atom is -0.328 e. The Balaban J connectivity index is 1.61. The zero-order chi connectivity index (χ0) is 22.1. The molecule has 10 heteroatoms. The molecule has 0 saturated heterocycles. The highest BCUT2D eigenvalue weighted by molar-refractivity contribution is 7.99. The maximum absolute atomic E-state index is 12.8. The molecular formula is C21H18ClN5O3S. The van der Waals surface area contributed by atoms with Crippen LogP contribution in [-0.4, -0.2) is 24.6 Å². The normalized spacial score (nSPS) is 11.1. The lowest BCUT2D eigenvalue weighted by molar-refractivity contribution is -0.116. The van der Waals surface area contributed by atoms with E-state index < -0.39 is 23.7 Å². The zero-order valence-corrected chi connectivity index (χ0v) is 18.3. The van der Waals surface area contributed by atoms with Crippen molar-refractivity contribution in [3.05, 3.63) is 80.7 Å². The molecule has 0 aliphatic carbocycles. The highest BCUT2D eigenvalue weighted by Crippen LogP contribution is 2.33. The van der Waals surface area contributed by atoms with Gasteiger partial charge in [0, 0.05) is 28.9 Å². The Morgan fingerprint density at radius 1 is 1.10 bits per heavy atom. The lowest BCUT2D eigenvalue weighted by atomic mass is 10.3. The molecule has 2 aromatic carbocycles. The topological polar surface area (TPSA) is 90.9 Å². The average Bonchev–Trinajstić information content (AvgIpc) is 3.14. The highest BCUT2D eigenvalue weighted by atomic mass is 35.5. The van der Waals surface area contributed by atoms with Gasteiger partial charge in [-0.05, 0) is 36.4 Å². The van der Waals surface area contributed by atoms with Gasteiger partial charge in [-0.15, -0.1) is 0 Å². The first-order valence-corrected chi connectivity index (χ1v) is 10.5. The number of aryl methyl sites for hydroxylation is 2.